The Kier molecular flexibility index (Phi) is 4.10. The second kappa shape index (κ2) is 5.79. The Balaban J connectivity index is 1.83. The molecule has 1 saturated heterocycles. The maximum Gasteiger partial charge on any atom is 0.244 e. The average Bonchev–Trinajstić information content (AvgIpc) is 3.22. The topological polar surface area (TPSA) is 66.9 Å². The van der Waals surface area contributed by atoms with Gasteiger partial charge in [-0.15, -0.1) is 0 Å². The zero-order valence-electron chi connectivity index (χ0n) is 13.7. The lowest BCUT2D eigenvalue weighted by atomic mass is 10.1. The smallest absolute Gasteiger partial charge is 0.244 e. The Morgan fingerprint density at radius 3 is 2.30 bits per heavy atom. The van der Waals surface area contributed by atoms with Crippen LogP contribution in [0.3, 0.4) is 0 Å². The lowest BCUT2D eigenvalue weighted by molar-refractivity contribution is -0.131. The van der Waals surface area contributed by atoms with Crippen LogP contribution in [0.5, 0.6) is 5.75 Å². The molecule has 0 spiro atoms. The molecular weight excluding hydrogens is 316 g/mol. The molecule has 2 fully saturated rings. The van der Waals surface area contributed by atoms with E-state index in [0.717, 1.165) is 24.0 Å². The van der Waals surface area contributed by atoms with Crippen molar-refractivity contribution in [2.24, 2.45) is 5.92 Å². The van der Waals surface area contributed by atoms with Gasteiger partial charge in [0.25, 0.3) is 0 Å². The zero-order valence-corrected chi connectivity index (χ0v) is 14.5. The molecule has 0 radical (unpaired) electrons. The van der Waals surface area contributed by atoms with E-state index in [1.54, 1.807) is 24.1 Å². The number of hydrogen-bond donors (Lipinski definition) is 0. The molecular formula is C16H22N2O4S. The fraction of sp³-hybridized carbons (Fsp3) is 0.562. The third-order valence-corrected chi connectivity index (χ3v) is 6.27. The summed E-state index contributed by atoms with van der Waals surface area (Å²) in [5.74, 6) is 0.906. The number of benzene rings is 1. The molecule has 3 rings (SSSR count). The van der Waals surface area contributed by atoms with Gasteiger partial charge in [0.2, 0.25) is 15.9 Å². The summed E-state index contributed by atoms with van der Waals surface area (Å²) in [6.45, 7) is 4.64. The number of rotatable bonds is 4. The molecule has 126 valence electrons. The second-order valence-electron chi connectivity index (χ2n) is 6.29. The van der Waals surface area contributed by atoms with Crippen LogP contribution in [-0.2, 0) is 14.8 Å². The molecule has 0 N–H and O–H groups in total. The molecule has 1 heterocycles. The Morgan fingerprint density at radius 2 is 1.78 bits per heavy atom. The van der Waals surface area contributed by atoms with Gasteiger partial charge in [-0.25, -0.2) is 8.42 Å². The minimum Gasteiger partial charge on any atom is -0.496 e. The fourth-order valence-electron chi connectivity index (χ4n) is 3.06. The first-order chi connectivity index (χ1) is 10.8. The maximum absolute atomic E-state index is 12.8. The molecule has 1 saturated carbocycles. The summed E-state index contributed by atoms with van der Waals surface area (Å²) in [5, 5.41) is 0. The predicted molar refractivity (Wildman–Crippen MR) is 85.7 cm³/mol. The van der Waals surface area contributed by atoms with Gasteiger partial charge in [0.15, 0.2) is 0 Å². The van der Waals surface area contributed by atoms with Crippen molar-refractivity contribution in [3.63, 3.8) is 0 Å². The first-order valence-corrected chi connectivity index (χ1v) is 9.22. The SMILES string of the molecule is COc1c(C)cc(S(=O)(=O)N2CCN(C(=O)C3CC3)C2)cc1C. The normalized spacial score (nSPS) is 19.2. The number of carbonyl (C=O) groups excluding carboxylic acids is 1. The predicted octanol–water partition coefficient (Wildman–Crippen LogP) is 1.51. The Bertz CT molecular complexity index is 717. The van der Waals surface area contributed by atoms with Crippen molar-refractivity contribution in [3.8, 4) is 5.75 Å². The van der Waals surface area contributed by atoms with Crippen molar-refractivity contribution in [3.05, 3.63) is 23.3 Å². The number of hydrogen-bond acceptors (Lipinski definition) is 4. The summed E-state index contributed by atoms with van der Waals surface area (Å²) in [7, 11) is -2.02. The van der Waals surface area contributed by atoms with Gasteiger partial charge in [-0.1, -0.05) is 0 Å². The Labute approximate surface area is 137 Å². The quantitative estimate of drug-likeness (QED) is 0.835. The summed E-state index contributed by atoms with van der Waals surface area (Å²) in [4.78, 5) is 14.0. The highest BCUT2D eigenvalue weighted by molar-refractivity contribution is 7.89. The molecule has 0 aromatic heterocycles. The van der Waals surface area contributed by atoms with E-state index in [-0.39, 0.29) is 23.4 Å². The Hall–Kier alpha value is -1.60. The van der Waals surface area contributed by atoms with Gasteiger partial charge in [0, 0.05) is 19.0 Å². The standard InChI is InChI=1S/C16H22N2O4S/c1-11-8-14(9-12(2)15(11)22-3)23(20,21)18-7-6-17(10-18)16(19)13-4-5-13/h8-9,13H,4-7,10H2,1-3H3. The van der Waals surface area contributed by atoms with Crippen molar-refractivity contribution in [2.75, 3.05) is 26.9 Å². The zero-order chi connectivity index (χ0) is 16.8. The monoisotopic (exact) mass is 338 g/mol. The highest BCUT2D eigenvalue weighted by Crippen LogP contribution is 2.33. The summed E-state index contributed by atoms with van der Waals surface area (Å²) in [6.07, 6.45) is 1.86. The van der Waals surface area contributed by atoms with Crippen LogP contribution in [0.15, 0.2) is 17.0 Å². The first kappa shape index (κ1) is 16.3. The summed E-state index contributed by atoms with van der Waals surface area (Å²) < 4.78 is 32.4. The molecule has 1 amide bonds. The minimum absolute atomic E-state index is 0.0878. The van der Waals surface area contributed by atoms with Gasteiger partial charge in [0.1, 0.15) is 5.75 Å². The molecule has 0 bridgehead atoms. The molecule has 1 aliphatic carbocycles. The summed E-state index contributed by atoms with van der Waals surface area (Å²) in [6, 6.07) is 3.26. The van der Waals surface area contributed by atoms with Crippen LogP contribution in [0.2, 0.25) is 0 Å². The van der Waals surface area contributed by atoms with Crippen molar-refractivity contribution in [2.45, 2.75) is 31.6 Å². The largest absolute Gasteiger partial charge is 0.496 e. The lowest BCUT2D eigenvalue weighted by Gasteiger charge is -2.19. The molecule has 1 aromatic rings. The number of ether oxygens (including phenoxy) is 1. The van der Waals surface area contributed by atoms with E-state index >= 15 is 0 Å². The molecule has 0 unspecified atom stereocenters. The third kappa shape index (κ3) is 2.95. The van der Waals surface area contributed by atoms with Crippen molar-refractivity contribution in [1.82, 2.24) is 9.21 Å². The van der Waals surface area contributed by atoms with E-state index in [2.05, 4.69) is 0 Å². The van der Waals surface area contributed by atoms with Gasteiger partial charge < -0.3 is 9.64 Å². The third-order valence-electron chi connectivity index (χ3n) is 4.46. The van der Waals surface area contributed by atoms with E-state index in [1.165, 1.54) is 4.31 Å². The number of carbonyl (C=O) groups is 1. The second-order valence-corrected chi connectivity index (χ2v) is 8.23. The summed E-state index contributed by atoms with van der Waals surface area (Å²) in [5.41, 5.74) is 1.58. The van der Waals surface area contributed by atoms with Crippen LogP contribution >= 0.6 is 0 Å². The molecule has 23 heavy (non-hydrogen) atoms. The van der Waals surface area contributed by atoms with Crippen LogP contribution in [0, 0.1) is 19.8 Å². The van der Waals surface area contributed by atoms with Crippen molar-refractivity contribution in [1.29, 1.82) is 0 Å². The van der Waals surface area contributed by atoms with Crippen LogP contribution in [0.4, 0.5) is 0 Å². The van der Waals surface area contributed by atoms with Gasteiger partial charge in [-0.3, -0.25) is 4.79 Å². The van der Waals surface area contributed by atoms with Gasteiger partial charge in [0.05, 0.1) is 18.7 Å². The van der Waals surface area contributed by atoms with E-state index in [9.17, 15) is 13.2 Å². The molecule has 7 heteroatoms. The van der Waals surface area contributed by atoms with Gasteiger partial charge in [-0.05, 0) is 49.9 Å². The van der Waals surface area contributed by atoms with Crippen LogP contribution in [-0.4, -0.2) is 50.4 Å². The Morgan fingerprint density at radius 1 is 1.17 bits per heavy atom. The maximum atomic E-state index is 12.8. The first-order valence-electron chi connectivity index (χ1n) is 7.78. The van der Waals surface area contributed by atoms with E-state index in [4.69, 9.17) is 4.74 Å². The average molecular weight is 338 g/mol. The van der Waals surface area contributed by atoms with Crippen LogP contribution < -0.4 is 4.74 Å². The molecule has 0 atom stereocenters. The van der Waals surface area contributed by atoms with E-state index in [1.807, 2.05) is 13.8 Å². The summed E-state index contributed by atoms with van der Waals surface area (Å²) >= 11 is 0. The van der Waals surface area contributed by atoms with Crippen LogP contribution in [0.25, 0.3) is 0 Å². The lowest BCUT2D eigenvalue weighted by Crippen LogP contribution is -2.34. The number of aryl methyl sites for hydroxylation is 2. The van der Waals surface area contributed by atoms with E-state index in [0.29, 0.717) is 18.8 Å². The highest BCUT2D eigenvalue weighted by Gasteiger charge is 2.39. The number of nitrogens with zero attached hydrogens (tertiary/aromatic N) is 2. The van der Waals surface area contributed by atoms with Crippen molar-refractivity contribution >= 4 is 15.9 Å². The highest BCUT2D eigenvalue weighted by atomic mass is 32.2. The minimum atomic E-state index is -3.60. The number of amides is 1. The molecule has 2 aliphatic rings. The number of methoxy groups -OCH3 is 1. The molecule has 6 nitrogen and oxygen atoms in total. The molecule has 1 aromatic carbocycles. The van der Waals surface area contributed by atoms with Crippen molar-refractivity contribution < 1.29 is 17.9 Å². The van der Waals surface area contributed by atoms with Gasteiger partial charge in [-0.2, -0.15) is 4.31 Å². The van der Waals surface area contributed by atoms with Crippen LogP contribution in [0.1, 0.15) is 24.0 Å². The van der Waals surface area contributed by atoms with E-state index < -0.39 is 10.0 Å². The fourth-order valence-corrected chi connectivity index (χ4v) is 4.62. The molecule has 1 aliphatic heterocycles. The number of sulfonamides is 1. The van der Waals surface area contributed by atoms with Gasteiger partial charge >= 0.3 is 0 Å².